The zero-order valence-electron chi connectivity index (χ0n) is 19.2. The predicted molar refractivity (Wildman–Crippen MR) is 123 cm³/mol. The predicted octanol–water partition coefficient (Wildman–Crippen LogP) is 1.39. The summed E-state index contributed by atoms with van der Waals surface area (Å²) in [5.74, 6) is -0.0783. The van der Waals surface area contributed by atoms with E-state index < -0.39 is 17.8 Å². The normalized spacial score (nSPS) is 16.5. The fraction of sp³-hybridized carbons (Fsp3) is 0.435. The van der Waals surface area contributed by atoms with Crippen molar-refractivity contribution in [3.8, 4) is 0 Å². The number of ether oxygens (including phenoxy) is 1. The van der Waals surface area contributed by atoms with Crippen molar-refractivity contribution >= 4 is 22.6 Å². The molecule has 13 heteroatoms. The number of piperazine rings is 1. The van der Waals surface area contributed by atoms with Crippen LogP contribution in [0.15, 0.2) is 41.6 Å². The van der Waals surface area contributed by atoms with E-state index in [0.29, 0.717) is 37.4 Å². The van der Waals surface area contributed by atoms with Gasteiger partial charge in [0.25, 0.3) is 5.56 Å². The number of hydrogen-bond donors (Lipinski definition) is 2. The molecule has 0 aliphatic carbocycles. The first-order chi connectivity index (χ1) is 17.3. The van der Waals surface area contributed by atoms with Gasteiger partial charge >= 0.3 is 6.18 Å². The number of aromatic amines is 1. The van der Waals surface area contributed by atoms with Crippen LogP contribution in [0, 0.1) is 0 Å². The smallest absolute Gasteiger partial charge is 0.394 e. The number of aliphatic hydroxyl groups excluding tert-OH is 1. The minimum Gasteiger partial charge on any atom is -0.394 e. The average molecular weight is 506 g/mol. The number of fused-ring (bicyclic) bond motifs is 1. The molecule has 36 heavy (non-hydrogen) atoms. The average Bonchev–Trinajstić information content (AvgIpc) is 2.88. The molecule has 1 unspecified atom stereocenters. The monoisotopic (exact) mass is 506 g/mol. The third-order valence-electron chi connectivity index (χ3n) is 6.05. The number of benzene rings is 1. The first kappa shape index (κ1) is 25.5. The van der Waals surface area contributed by atoms with Gasteiger partial charge in [-0.05, 0) is 18.1 Å². The maximum Gasteiger partial charge on any atom is 0.419 e. The van der Waals surface area contributed by atoms with Crippen molar-refractivity contribution in [2.45, 2.75) is 25.1 Å². The second-order valence-electron chi connectivity index (χ2n) is 8.33. The molecule has 0 bridgehead atoms. The highest BCUT2D eigenvalue weighted by Crippen LogP contribution is 2.29. The number of carbonyl (C=O) groups excluding carboxylic acids is 1. The molecule has 0 spiro atoms. The molecule has 1 aliphatic rings. The third-order valence-corrected chi connectivity index (χ3v) is 6.05. The Morgan fingerprint density at radius 1 is 1.14 bits per heavy atom. The molecule has 1 amide bonds. The number of hydrogen-bond acceptors (Lipinski definition) is 8. The molecule has 0 saturated carbocycles. The molecule has 1 saturated heterocycles. The largest absolute Gasteiger partial charge is 0.419 e. The first-order valence-electron chi connectivity index (χ1n) is 11.4. The van der Waals surface area contributed by atoms with Crippen LogP contribution in [0.5, 0.6) is 0 Å². The number of halogens is 3. The van der Waals surface area contributed by atoms with E-state index >= 15 is 0 Å². The van der Waals surface area contributed by atoms with Crippen molar-refractivity contribution in [3.63, 3.8) is 0 Å². The van der Waals surface area contributed by atoms with Crippen molar-refractivity contribution in [3.05, 3.63) is 58.3 Å². The number of H-pyrrole nitrogens is 1. The summed E-state index contributed by atoms with van der Waals surface area (Å²) < 4.78 is 43.9. The lowest BCUT2D eigenvalue weighted by molar-refractivity contribution is -0.138. The number of amides is 1. The topological polar surface area (TPSA) is 125 Å². The third kappa shape index (κ3) is 5.79. The number of nitrogens with one attached hydrogen (secondary N) is 1. The summed E-state index contributed by atoms with van der Waals surface area (Å²) in [7, 11) is 0. The fourth-order valence-electron chi connectivity index (χ4n) is 4.12. The number of anilines is 1. The minimum atomic E-state index is -4.53. The lowest BCUT2D eigenvalue weighted by atomic mass is 10.1. The summed E-state index contributed by atoms with van der Waals surface area (Å²) in [6.07, 6.45) is -0.826. The van der Waals surface area contributed by atoms with E-state index in [1.54, 1.807) is 28.1 Å². The summed E-state index contributed by atoms with van der Waals surface area (Å²) in [6, 6.07) is 4.88. The molecule has 3 heterocycles. The lowest BCUT2D eigenvalue weighted by Crippen LogP contribution is -2.57. The van der Waals surface area contributed by atoms with E-state index in [2.05, 4.69) is 20.2 Å². The number of nitrogens with zero attached hydrogens (tertiary/aromatic N) is 5. The highest BCUT2D eigenvalue weighted by atomic mass is 19.4. The molecular formula is C23H25F3N6O4. The maximum atomic E-state index is 12.8. The van der Waals surface area contributed by atoms with Gasteiger partial charge < -0.3 is 19.6 Å². The summed E-state index contributed by atoms with van der Waals surface area (Å²) in [6.45, 7) is 1.03. The van der Waals surface area contributed by atoms with Crippen molar-refractivity contribution < 1.29 is 27.8 Å². The van der Waals surface area contributed by atoms with Gasteiger partial charge in [-0.1, -0.05) is 12.1 Å². The Morgan fingerprint density at radius 3 is 2.64 bits per heavy atom. The van der Waals surface area contributed by atoms with Gasteiger partial charge in [0.1, 0.15) is 0 Å². The van der Waals surface area contributed by atoms with Crippen LogP contribution in [0.3, 0.4) is 0 Å². The molecule has 3 aromatic rings. The number of alkyl halides is 3. The first-order valence-corrected chi connectivity index (χ1v) is 11.4. The Morgan fingerprint density at radius 2 is 1.92 bits per heavy atom. The minimum absolute atomic E-state index is 0.0723. The number of aromatic nitrogens is 4. The van der Waals surface area contributed by atoms with E-state index in [-0.39, 0.29) is 50.1 Å². The number of rotatable bonds is 8. The van der Waals surface area contributed by atoms with Crippen molar-refractivity contribution in [2.75, 3.05) is 44.4 Å². The van der Waals surface area contributed by atoms with Gasteiger partial charge in [-0.15, -0.1) is 0 Å². The fourth-order valence-corrected chi connectivity index (χ4v) is 4.12. The molecular weight excluding hydrogens is 481 g/mol. The molecule has 2 N–H and O–H groups in total. The molecule has 1 atom stereocenters. The van der Waals surface area contributed by atoms with Gasteiger partial charge in [0.05, 0.1) is 49.4 Å². The van der Waals surface area contributed by atoms with E-state index in [0.717, 1.165) is 10.9 Å². The number of aliphatic hydroxyl groups is 1. The van der Waals surface area contributed by atoms with E-state index in [4.69, 9.17) is 4.74 Å². The second kappa shape index (κ2) is 11.0. The highest BCUT2D eigenvalue weighted by Gasteiger charge is 2.33. The van der Waals surface area contributed by atoms with Crippen LogP contribution >= 0.6 is 0 Å². The van der Waals surface area contributed by atoms with E-state index in [9.17, 15) is 27.9 Å². The van der Waals surface area contributed by atoms with Crippen LogP contribution in [0.25, 0.3) is 10.8 Å². The van der Waals surface area contributed by atoms with Crippen LogP contribution in [-0.2, 0) is 22.1 Å². The molecule has 192 valence electrons. The molecule has 1 fully saturated rings. The Bertz CT molecular complexity index is 1250. The molecule has 1 aliphatic heterocycles. The van der Waals surface area contributed by atoms with Crippen LogP contribution in [-0.4, -0.2) is 81.6 Å². The van der Waals surface area contributed by atoms with Gasteiger partial charge in [-0.25, -0.2) is 15.1 Å². The molecule has 10 nitrogen and oxygen atoms in total. The standard InChI is InChI=1S/C23H25F3N6O4/c24-23(25,26)16-10-27-22(28-11-16)32-7-6-31(13-17(32)14-33)20(34)5-9-36-8-4-15-2-1-3-18-19(15)12-29-30-21(18)35/h1-3,10-12,17,33H,4-9,13-14H2,(H,30,35). The molecule has 4 rings (SSSR count). The molecule has 1 aromatic carbocycles. The SMILES string of the molecule is O=C(CCOCCc1cccc2c(=O)[nH]ncc12)N1CCN(c2ncc(C(F)(F)F)cn2)C(CO)C1. The van der Waals surface area contributed by atoms with Crippen molar-refractivity contribution in [1.29, 1.82) is 0 Å². The highest BCUT2D eigenvalue weighted by molar-refractivity contribution is 5.83. The Kier molecular flexibility index (Phi) is 7.79. The molecule has 0 radical (unpaired) electrons. The maximum absolute atomic E-state index is 12.8. The van der Waals surface area contributed by atoms with Crippen molar-refractivity contribution in [1.82, 2.24) is 25.1 Å². The van der Waals surface area contributed by atoms with Gasteiger partial charge in [-0.2, -0.15) is 18.3 Å². The second-order valence-corrected chi connectivity index (χ2v) is 8.33. The number of carbonyl (C=O) groups is 1. The Labute approximate surface area is 203 Å². The van der Waals surface area contributed by atoms with Gasteiger partial charge in [0.2, 0.25) is 11.9 Å². The van der Waals surface area contributed by atoms with Gasteiger partial charge in [0, 0.05) is 37.4 Å². The van der Waals surface area contributed by atoms with Crippen LogP contribution in [0.1, 0.15) is 17.5 Å². The van der Waals surface area contributed by atoms with Crippen LogP contribution < -0.4 is 10.5 Å². The van der Waals surface area contributed by atoms with Gasteiger partial charge in [-0.3, -0.25) is 9.59 Å². The summed E-state index contributed by atoms with van der Waals surface area (Å²) in [5, 5.41) is 17.3. The zero-order valence-corrected chi connectivity index (χ0v) is 19.2. The summed E-state index contributed by atoms with van der Waals surface area (Å²) >= 11 is 0. The van der Waals surface area contributed by atoms with Crippen molar-refractivity contribution in [2.24, 2.45) is 0 Å². The summed E-state index contributed by atoms with van der Waals surface area (Å²) in [4.78, 5) is 35.3. The van der Waals surface area contributed by atoms with Gasteiger partial charge in [0.15, 0.2) is 0 Å². The van der Waals surface area contributed by atoms with Crippen LogP contribution in [0.2, 0.25) is 0 Å². The zero-order chi connectivity index (χ0) is 25.7. The quantitative estimate of drug-likeness (QED) is 0.440. The lowest BCUT2D eigenvalue weighted by Gasteiger charge is -2.40. The van der Waals surface area contributed by atoms with E-state index in [1.807, 2.05) is 6.07 Å². The van der Waals surface area contributed by atoms with Crippen LogP contribution in [0.4, 0.5) is 19.1 Å². The van der Waals surface area contributed by atoms with E-state index in [1.165, 1.54) is 0 Å². The summed E-state index contributed by atoms with van der Waals surface area (Å²) in [5.41, 5.74) is -0.289. The Hall–Kier alpha value is -3.58. The molecule has 2 aromatic heterocycles. The Balaban J connectivity index is 1.25.